The molecule has 6 nitrogen and oxygen atoms in total. The van der Waals surface area contributed by atoms with Crippen molar-refractivity contribution in [3.8, 4) is 0 Å². The van der Waals surface area contributed by atoms with Crippen LogP contribution in [0.3, 0.4) is 0 Å². The zero-order valence-electron chi connectivity index (χ0n) is 15.8. The number of aryl methyl sites for hydroxylation is 1. The van der Waals surface area contributed by atoms with Gasteiger partial charge in [-0.3, -0.25) is 14.5 Å². The van der Waals surface area contributed by atoms with Gasteiger partial charge in [-0.2, -0.15) is 11.3 Å². The highest BCUT2D eigenvalue weighted by molar-refractivity contribution is 7.08. The van der Waals surface area contributed by atoms with Crippen LogP contribution in [-0.4, -0.2) is 61.4 Å². The number of hydrogen-bond donors (Lipinski definition) is 2. The smallest absolute Gasteiger partial charge is 0.313 e. The quantitative estimate of drug-likeness (QED) is 0.773. The molecule has 144 valence electrons. The van der Waals surface area contributed by atoms with E-state index in [4.69, 9.17) is 0 Å². The molecule has 1 fully saturated rings. The summed E-state index contributed by atoms with van der Waals surface area (Å²) in [5, 5.41) is 9.61. The van der Waals surface area contributed by atoms with Gasteiger partial charge in [0.05, 0.1) is 6.04 Å². The largest absolute Gasteiger partial charge is 0.346 e. The number of carbonyl (C=O) groups excluding carboxylic acids is 2. The number of hydrogen-bond acceptors (Lipinski definition) is 5. The molecule has 1 aromatic carbocycles. The molecule has 0 aliphatic carbocycles. The van der Waals surface area contributed by atoms with Gasteiger partial charge in [0, 0.05) is 38.4 Å². The lowest BCUT2D eigenvalue weighted by molar-refractivity contribution is -0.136. The minimum absolute atomic E-state index is 0.0843. The molecule has 1 unspecified atom stereocenters. The summed E-state index contributed by atoms with van der Waals surface area (Å²) in [6.07, 6.45) is 0. The lowest BCUT2D eigenvalue weighted by Gasteiger charge is -2.37. The third kappa shape index (κ3) is 5.38. The third-order valence-corrected chi connectivity index (χ3v) is 5.58. The molecule has 2 heterocycles. The van der Waals surface area contributed by atoms with E-state index in [1.54, 1.807) is 23.5 Å². The molecule has 7 heteroatoms. The standard InChI is InChI=1S/C20H26N4O2S/c1-15-3-5-17(6-4-15)22-20(26)19(25)21-13-18(16-7-12-27-14-16)24-10-8-23(2)9-11-24/h3-7,12,14,18H,8-11,13H2,1-2H3,(H,21,25)(H,22,26). The lowest BCUT2D eigenvalue weighted by Crippen LogP contribution is -2.49. The molecule has 2 aromatic rings. The maximum absolute atomic E-state index is 12.3. The molecule has 2 N–H and O–H groups in total. The van der Waals surface area contributed by atoms with Gasteiger partial charge in [0.1, 0.15) is 0 Å². The predicted molar refractivity (Wildman–Crippen MR) is 109 cm³/mol. The van der Waals surface area contributed by atoms with Crippen molar-refractivity contribution in [2.75, 3.05) is 45.1 Å². The van der Waals surface area contributed by atoms with Crippen molar-refractivity contribution in [3.63, 3.8) is 0 Å². The van der Waals surface area contributed by atoms with Crippen molar-refractivity contribution >= 4 is 28.8 Å². The lowest BCUT2D eigenvalue weighted by atomic mass is 10.1. The van der Waals surface area contributed by atoms with Crippen molar-refractivity contribution in [1.29, 1.82) is 0 Å². The first kappa shape index (κ1) is 19.5. The van der Waals surface area contributed by atoms with Gasteiger partial charge in [-0.15, -0.1) is 0 Å². The minimum Gasteiger partial charge on any atom is -0.346 e. The highest BCUT2D eigenvalue weighted by atomic mass is 32.1. The number of nitrogens with zero attached hydrogens (tertiary/aromatic N) is 2. The maximum atomic E-state index is 12.3. The number of amides is 2. The third-order valence-electron chi connectivity index (χ3n) is 4.88. The summed E-state index contributed by atoms with van der Waals surface area (Å²) in [7, 11) is 2.12. The SMILES string of the molecule is Cc1ccc(NC(=O)C(=O)NCC(c2ccsc2)N2CCN(C)CC2)cc1. The molecule has 2 amide bonds. The van der Waals surface area contributed by atoms with E-state index in [9.17, 15) is 9.59 Å². The van der Waals surface area contributed by atoms with Crippen LogP contribution in [0.5, 0.6) is 0 Å². The summed E-state index contributed by atoms with van der Waals surface area (Å²) in [6.45, 7) is 6.29. The molecular formula is C20H26N4O2S. The van der Waals surface area contributed by atoms with E-state index in [1.165, 1.54) is 5.56 Å². The number of benzene rings is 1. The van der Waals surface area contributed by atoms with Gasteiger partial charge in [0.25, 0.3) is 0 Å². The van der Waals surface area contributed by atoms with E-state index in [-0.39, 0.29) is 6.04 Å². The minimum atomic E-state index is -0.638. The second-order valence-electron chi connectivity index (χ2n) is 6.94. The molecule has 1 aliphatic rings. The van der Waals surface area contributed by atoms with Crippen molar-refractivity contribution in [2.45, 2.75) is 13.0 Å². The predicted octanol–water partition coefficient (Wildman–Crippen LogP) is 2.10. The number of piperazine rings is 1. The Morgan fingerprint density at radius 1 is 1.07 bits per heavy atom. The summed E-state index contributed by atoms with van der Waals surface area (Å²) >= 11 is 1.65. The summed E-state index contributed by atoms with van der Waals surface area (Å²) in [5.41, 5.74) is 2.90. The molecule has 3 rings (SSSR count). The molecule has 1 saturated heterocycles. The molecule has 0 saturated carbocycles. The van der Waals surface area contributed by atoms with Crippen LogP contribution in [0.25, 0.3) is 0 Å². The van der Waals surface area contributed by atoms with Crippen molar-refractivity contribution < 1.29 is 9.59 Å². The average Bonchev–Trinajstić information content (AvgIpc) is 3.19. The first-order valence-electron chi connectivity index (χ1n) is 9.13. The number of carbonyl (C=O) groups is 2. The van der Waals surface area contributed by atoms with E-state index in [0.29, 0.717) is 12.2 Å². The molecule has 0 spiro atoms. The van der Waals surface area contributed by atoms with E-state index in [0.717, 1.165) is 31.7 Å². The summed E-state index contributed by atoms with van der Waals surface area (Å²) in [4.78, 5) is 29.1. The summed E-state index contributed by atoms with van der Waals surface area (Å²) < 4.78 is 0. The second kappa shape index (κ2) is 9.12. The Morgan fingerprint density at radius 3 is 2.41 bits per heavy atom. The normalized spacial score (nSPS) is 16.7. The van der Waals surface area contributed by atoms with Crippen LogP contribution in [0.1, 0.15) is 17.2 Å². The Balaban J connectivity index is 1.58. The number of rotatable bonds is 5. The van der Waals surface area contributed by atoms with Gasteiger partial charge in [-0.1, -0.05) is 17.7 Å². The van der Waals surface area contributed by atoms with E-state index in [1.807, 2.05) is 24.4 Å². The summed E-state index contributed by atoms with van der Waals surface area (Å²) in [6, 6.07) is 9.55. The van der Waals surface area contributed by atoms with Gasteiger partial charge < -0.3 is 15.5 Å². The van der Waals surface area contributed by atoms with E-state index < -0.39 is 11.8 Å². The molecule has 1 atom stereocenters. The summed E-state index contributed by atoms with van der Waals surface area (Å²) in [5.74, 6) is -1.24. The number of nitrogens with one attached hydrogen (secondary N) is 2. The van der Waals surface area contributed by atoms with Gasteiger partial charge in [0.15, 0.2) is 0 Å². The van der Waals surface area contributed by atoms with Crippen molar-refractivity contribution in [2.24, 2.45) is 0 Å². The Morgan fingerprint density at radius 2 is 1.78 bits per heavy atom. The van der Waals surface area contributed by atoms with Gasteiger partial charge >= 0.3 is 11.8 Å². The Hall–Kier alpha value is -2.22. The first-order chi connectivity index (χ1) is 13.0. The van der Waals surface area contributed by atoms with Crippen LogP contribution < -0.4 is 10.6 Å². The van der Waals surface area contributed by atoms with Crippen LogP contribution in [0.2, 0.25) is 0 Å². The van der Waals surface area contributed by atoms with E-state index in [2.05, 4.69) is 38.9 Å². The Bertz CT molecular complexity index is 753. The fraction of sp³-hybridized carbons (Fsp3) is 0.400. The molecule has 0 bridgehead atoms. The second-order valence-corrected chi connectivity index (χ2v) is 7.72. The fourth-order valence-corrected chi connectivity index (χ4v) is 3.86. The molecule has 1 aromatic heterocycles. The maximum Gasteiger partial charge on any atom is 0.313 e. The Kier molecular flexibility index (Phi) is 6.60. The molecule has 1 aliphatic heterocycles. The van der Waals surface area contributed by atoms with Crippen molar-refractivity contribution in [3.05, 3.63) is 52.2 Å². The highest BCUT2D eigenvalue weighted by Gasteiger charge is 2.25. The van der Waals surface area contributed by atoms with Crippen molar-refractivity contribution in [1.82, 2.24) is 15.1 Å². The van der Waals surface area contributed by atoms with Crippen LogP contribution >= 0.6 is 11.3 Å². The topological polar surface area (TPSA) is 64.7 Å². The zero-order valence-corrected chi connectivity index (χ0v) is 16.6. The van der Waals surface area contributed by atoms with Gasteiger partial charge in [-0.05, 0) is 48.5 Å². The molecular weight excluding hydrogens is 360 g/mol. The Labute approximate surface area is 164 Å². The average molecular weight is 387 g/mol. The van der Waals surface area contributed by atoms with E-state index >= 15 is 0 Å². The fourth-order valence-electron chi connectivity index (χ4n) is 3.15. The van der Waals surface area contributed by atoms with Gasteiger partial charge in [0.2, 0.25) is 0 Å². The number of anilines is 1. The van der Waals surface area contributed by atoms with Crippen LogP contribution in [0, 0.1) is 6.92 Å². The zero-order chi connectivity index (χ0) is 19.2. The number of likely N-dealkylation sites (N-methyl/N-ethyl adjacent to an activating group) is 1. The van der Waals surface area contributed by atoms with Crippen LogP contribution in [0.4, 0.5) is 5.69 Å². The van der Waals surface area contributed by atoms with Gasteiger partial charge in [-0.25, -0.2) is 0 Å². The first-order valence-corrected chi connectivity index (χ1v) is 10.1. The van der Waals surface area contributed by atoms with Crippen LogP contribution in [0.15, 0.2) is 41.1 Å². The monoisotopic (exact) mass is 386 g/mol. The van der Waals surface area contributed by atoms with Crippen LogP contribution in [-0.2, 0) is 9.59 Å². The molecule has 0 radical (unpaired) electrons. The molecule has 27 heavy (non-hydrogen) atoms. The highest BCUT2D eigenvalue weighted by Crippen LogP contribution is 2.23. The number of thiophene rings is 1.